The molecule has 0 spiro atoms. The molecule has 0 bridgehead atoms. The zero-order valence-electron chi connectivity index (χ0n) is 9.41. The highest BCUT2D eigenvalue weighted by Gasteiger charge is 2.33. The van der Waals surface area contributed by atoms with Crippen LogP contribution in [0, 0.1) is 6.92 Å². The molecule has 1 heterocycles. The lowest BCUT2D eigenvalue weighted by molar-refractivity contribution is -0.276. The van der Waals surface area contributed by atoms with Crippen molar-refractivity contribution in [3.8, 4) is 5.88 Å². The van der Waals surface area contributed by atoms with Gasteiger partial charge in [-0.2, -0.15) is 0 Å². The molecule has 100 valence electrons. The number of aliphatic carboxylic acids is 1. The smallest absolute Gasteiger partial charge is 0.481 e. The predicted octanol–water partition coefficient (Wildman–Crippen LogP) is 1.37. The van der Waals surface area contributed by atoms with E-state index >= 15 is 0 Å². The lowest BCUT2D eigenvalue weighted by atomic mass is 10.0. The number of carboxylic acids is 1. The number of halogens is 3. The first-order valence-corrected chi connectivity index (χ1v) is 4.89. The van der Waals surface area contributed by atoms with Gasteiger partial charge in [0.1, 0.15) is 0 Å². The number of rotatable bonds is 4. The number of alkyl halides is 3. The van der Waals surface area contributed by atoms with Crippen LogP contribution in [0.2, 0.25) is 0 Å². The Hall–Kier alpha value is -1.83. The molecule has 5 nitrogen and oxygen atoms in total. The van der Waals surface area contributed by atoms with Gasteiger partial charge in [0.05, 0.1) is 6.42 Å². The zero-order chi connectivity index (χ0) is 13.9. The Morgan fingerprint density at radius 1 is 1.56 bits per heavy atom. The number of hydrogen-bond donors (Lipinski definition) is 2. The second-order valence-electron chi connectivity index (χ2n) is 3.51. The highest BCUT2D eigenvalue weighted by Crippen LogP contribution is 2.27. The second-order valence-corrected chi connectivity index (χ2v) is 3.51. The van der Waals surface area contributed by atoms with Crippen molar-refractivity contribution in [1.29, 1.82) is 0 Å². The minimum absolute atomic E-state index is 0.0913. The van der Waals surface area contributed by atoms with Gasteiger partial charge in [0.15, 0.2) is 0 Å². The van der Waals surface area contributed by atoms with E-state index in [0.717, 1.165) is 6.20 Å². The molecule has 0 atom stereocenters. The van der Waals surface area contributed by atoms with Crippen molar-refractivity contribution in [3.63, 3.8) is 0 Å². The molecule has 0 aliphatic heterocycles. The third-order valence-electron chi connectivity index (χ3n) is 2.26. The molecule has 0 aliphatic rings. The van der Waals surface area contributed by atoms with E-state index in [1.165, 1.54) is 6.92 Å². The van der Waals surface area contributed by atoms with E-state index in [-0.39, 0.29) is 24.1 Å². The number of aromatic nitrogens is 1. The van der Waals surface area contributed by atoms with Crippen molar-refractivity contribution in [2.24, 2.45) is 5.73 Å². The molecular weight excluding hydrogens is 253 g/mol. The van der Waals surface area contributed by atoms with Crippen LogP contribution in [-0.2, 0) is 17.8 Å². The standard InChI is InChI=1S/C10H11F3N2O3/c1-5-7(3-14)6(2-8(16)17)4-15-9(5)18-10(11,12)13/h4H,2-3,14H2,1H3,(H,16,17). The normalized spacial score (nSPS) is 11.4. The summed E-state index contributed by atoms with van der Waals surface area (Å²) in [5.41, 5.74) is 6.07. The molecule has 0 fully saturated rings. The van der Waals surface area contributed by atoms with Gasteiger partial charge in [-0.1, -0.05) is 0 Å². The Labute approximate surface area is 100 Å². The molecule has 0 amide bonds. The molecule has 1 rings (SSSR count). The van der Waals surface area contributed by atoms with Crippen molar-refractivity contribution < 1.29 is 27.8 Å². The van der Waals surface area contributed by atoms with Gasteiger partial charge in [0.2, 0.25) is 5.88 Å². The molecular formula is C10H11F3N2O3. The maximum absolute atomic E-state index is 12.1. The molecule has 0 saturated carbocycles. The number of hydrogen-bond acceptors (Lipinski definition) is 4. The van der Waals surface area contributed by atoms with Gasteiger partial charge in [-0.3, -0.25) is 4.79 Å². The molecule has 3 N–H and O–H groups in total. The molecule has 0 radical (unpaired) electrons. The van der Waals surface area contributed by atoms with Gasteiger partial charge < -0.3 is 15.6 Å². The van der Waals surface area contributed by atoms with Crippen molar-refractivity contribution in [3.05, 3.63) is 22.9 Å². The maximum Gasteiger partial charge on any atom is 0.574 e. The predicted molar refractivity (Wildman–Crippen MR) is 54.9 cm³/mol. The molecule has 1 aromatic rings. The van der Waals surface area contributed by atoms with E-state index in [0.29, 0.717) is 5.56 Å². The third-order valence-corrected chi connectivity index (χ3v) is 2.26. The third kappa shape index (κ3) is 3.59. The lowest BCUT2D eigenvalue weighted by Crippen LogP contribution is -2.20. The molecule has 1 aromatic heterocycles. The second kappa shape index (κ2) is 5.21. The summed E-state index contributed by atoms with van der Waals surface area (Å²) in [5.74, 6) is -1.73. The Morgan fingerprint density at radius 2 is 2.17 bits per heavy atom. The summed E-state index contributed by atoms with van der Waals surface area (Å²) in [6.07, 6.45) is -4.17. The van der Waals surface area contributed by atoms with Crippen LogP contribution in [0.25, 0.3) is 0 Å². The quantitative estimate of drug-likeness (QED) is 0.857. The van der Waals surface area contributed by atoms with Crippen LogP contribution in [-0.4, -0.2) is 22.4 Å². The summed E-state index contributed by atoms with van der Waals surface area (Å²) < 4.78 is 40.0. The van der Waals surface area contributed by atoms with Crippen LogP contribution in [0.1, 0.15) is 16.7 Å². The fourth-order valence-electron chi connectivity index (χ4n) is 1.49. The number of nitrogens with zero attached hydrogens (tertiary/aromatic N) is 1. The first kappa shape index (κ1) is 14.2. The van der Waals surface area contributed by atoms with Crippen molar-refractivity contribution in [2.75, 3.05) is 0 Å². The average Bonchev–Trinajstić information content (AvgIpc) is 2.20. The number of carbonyl (C=O) groups is 1. The summed E-state index contributed by atoms with van der Waals surface area (Å²) in [7, 11) is 0. The van der Waals surface area contributed by atoms with E-state index in [4.69, 9.17) is 10.8 Å². The largest absolute Gasteiger partial charge is 0.574 e. The van der Waals surface area contributed by atoms with Crippen LogP contribution >= 0.6 is 0 Å². The fraction of sp³-hybridized carbons (Fsp3) is 0.400. The zero-order valence-corrected chi connectivity index (χ0v) is 9.41. The van der Waals surface area contributed by atoms with E-state index in [2.05, 4.69) is 9.72 Å². The molecule has 0 aliphatic carbocycles. The van der Waals surface area contributed by atoms with Gasteiger partial charge in [-0.25, -0.2) is 4.98 Å². The first-order chi connectivity index (χ1) is 8.24. The first-order valence-electron chi connectivity index (χ1n) is 4.89. The van der Waals surface area contributed by atoms with Crippen LogP contribution in [0.4, 0.5) is 13.2 Å². The number of ether oxygens (including phenoxy) is 1. The Morgan fingerprint density at radius 3 is 2.61 bits per heavy atom. The minimum atomic E-state index is -4.85. The van der Waals surface area contributed by atoms with Crippen molar-refractivity contribution in [1.82, 2.24) is 4.98 Å². The van der Waals surface area contributed by atoms with Gasteiger partial charge in [0, 0.05) is 18.3 Å². The molecule has 0 aromatic carbocycles. The summed E-state index contributed by atoms with van der Waals surface area (Å²) in [6.45, 7) is 1.26. The fourth-order valence-corrected chi connectivity index (χ4v) is 1.49. The average molecular weight is 264 g/mol. The van der Waals surface area contributed by atoms with Crippen LogP contribution in [0.5, 0.6) is 5.88 Å². The summed E-state index contributed by atoms with van der Waals surface area (Å²) in [4.78, 5) is 14.0. The summed E-state index contributed by atoms with van der Waals surface area (Å²) in [5, 5.41) is 8.65. The molecule has 8 heteroatoms. The van der Waals surface area contributed by atoms with E-state index < -0.39 is 18.2 Å². The van der Waals surface area contributed by atoms with Crippen molar-refractivity contribution >= 4 is 5.97 Å². The Bertz CT molecular complexity index is 460. The van der Waals surface area contributed by atoms with Crippen LogP contribution in [0.3, 0.4) is 0 Å². The number of carboxylic acid groups (broad SMARTS) is 1. The minimum Gasteiger partial charge on any atom is -0.481 e. The molecule has 0 saturated heterocycles. The summed E-state index contributed by atoms with van der Waals surface area (Å²) >= 11 is 0. The lowest BCUT2D eigenvalue weighted by Gasteiger charge is -2.14. The summed E-state index contributed by atoms with van der Waals surface area (Å²) in [6, 6.07) is 0. The Kier molecular flexibility index (Phi) is 4.12. The monoisotopic (exact) mass is 264 g/mol. The molecule has 0 unspecified atom stereocenters. The topological polar surface area (TPSA) is 85.4 Å². The van der Waals surface area contributed by atoms with E-state index in [1.54, 1.807) is 0 Å². The van der Waals surface area contributed by atoms with Gasteiger partial charge in [-0.15, -0.1) is 13.2 Å². The van der Waals surface area contributed by atoms with Gasteiger partial charge in [-0.05, 0) is 18.1 Å². The maximum atomic E-state index is 12.1. The van der Waals surface area contributed by atoms with Gasteiger partial charge >= 0.3 is 12.3 Å². The highest BCUT2D eigenvalue weighted by molar-refractivity contribution is 5.71. The number of nitrogens with two attached hydrogens (primary N) is 1. The van der Waals surface area contributed by atoms with Gasteiger partial charge in [0.25, 0.3) is 0 Å². The Balaban J connectivity index is 3.15. The number of pyridine rings is 1. The SMILES string of the molecule is Cc1c(OC(F)(F)F)ncc(CC(=O)O)c1CN. The highest BCUT2D eigenvalue weighted by atomic mass is 19.4. The van der Waals surface area contributed by atoms with E-state index in [9.17, 15) is 18.0 Å². The van der Waals surface area contributed by atoms with E-state index in [1.807, 2.05) is 0 Å². The van der Waals surface area contributed by atoms with Crippen molar-refractivity contribution in [2.45, 2.75) is 26.3 Å². The van der Waals surface area contributed by atoms with Crippen LogP contribution < -0.4 is 10.5 Å². The molecule has 18 heavy (non-hydrogen) atoms. The van der Waals surface area contributed by atoms with Crippen LogP contribution in [0.15, 0.2) is 6.20 Å².